The Morgan fingerprint density at radius 3 is 2.19 bits per heavy atom. The largest absolute Gasteiger partial charge is 0.143 e. The van der Waals surface area contributed by atoms with Crippen LogP contribution in [0.3, 0.4) is 0 Å². The second-order valence-electron chi connectivity index (χ2n) is 4.28. The van der Waals surface area contributed by atoms with Gasteiger partial charge in [-0.25, -0.2) is 0 Å². The molecule has 0 saturated heterocycles. The first-order valence-corrected chi connectivity index (χ1v) is 8.51. The lowest BCUT2D eigenvalue weighted by atomic mass is 10.1. The highest BCUT2D eigenvalue weighted by atomic mass is 32.2. The predicted molar refractivity (Wildman–Crippen MR) is 79.3 cm³/mol. The zero-order chi connectivity index (χ0) is 11.6. The van der Waals surface area contributed by atoms with Gasteiger partial charge < -0.3 is 0 Å². The maximum atomic E-state index is 5.13. The summed E-state index contributed by atoms with van der Waals surface area (Å²) in [6.07, 6.45) is 12.5. The molecule has 0 amide bonds. The van der Waals surface area contributed by atoms with Crippen LogP contribution in [0.25, 0.3) is 0 Å². The summed E-state index contributed by atoms with van der Waals surface area (Å²) < 4.78 is 1.08. The van der Waals surface area contributed by atoms with Crippen LogP contribution in [0.1, 0.15) is 63.2 Å². The molecule has 0 bridgehead atoms. The van der Waals surface area contributed by atoms with Gasteiger partial charge in [-0.2, -0.15) is 0 Å². The lowest BCUT2D eigenvalue weighted by molar-refractivity contribution is 0.576. The molecule has 1 aromatic heterocycles. The van der Waals surface area contributed by atoms with Crippen LogP contribution >= 0.6 is 34.9 Å². The highest BCUT2D eigenvalue weighted by molar-refractivity contribution is 7.76. The molecule has 16 heavy (non-hydrogen) atoms. The molecule has 1 rings (SSSR count). The van der Waals surface area contributed by atoms with E-state index in [1.165, 1.54) is 62.7 Å². The molecule has 0 aliphatic carbocycles. The third-order valence-electron chi connectivity index (χ3n) is 2.78. The lowest BCUT2D eigenvalue weighted by Gasteiger charge is -2.00. The molecule has 92 valence electrons. The molecule has 0 radical (unpaired) electrons. The molecule has 0 spiro atoms. The normalized spacial score (nSPS) is 10.8. The highest BCUT2D eigenvalue weighted by Gasteiger charge is 1.96. The Morgan fingerprint density at radius 1 is 1.00 bits per heavy atom. The molecule has 0 nitrogen and oxygen atoms in total. The van der Waals surface area contributed by atoms with Gasteiger partial charge in [0, 0.05) is 10.3 Å². The Kier molecular flexibility index (Phi) is 8.34. The second kappa shape index (κ2) is 9.32. The van der Waals surface area contributed by atoms with Crippen LogP contribution in [-0.4, -0.2) is 0 Å². The third kappa shape index (κ3) is 6.77. The SMILES string of the molecule is CCCCCCCCCCc1csc(=S)s1. The molecular formula is C13H22S3. The number of rotatable bonds is 9. The highest BCUT2D eigenvalue weighted by Crippen LogP contribution is 2.20. The first kappa shape index (κ1) is 14.3. The molecule has 1 heterocycles. The lowest BCUT2D eigenvalue weighted by Crippen LogP contribution is -1.83. The topological polar surface area (TPSA) is 0 Å². The van der Waals surface area contributed by atoms with Crippen LogP contribution in [0.5, 0.6) is 0 Å². The van der Waals surface area contributed by atoms with E-state index >= 15 is 0 Å². The fourth-order valence-electron chi connectivity index (χ4n) is 1.81. The van der Waals surface area contributed by atoms with E-state index in [4.69, 9.17) is 12.2 Å². The van der Waals surface area contributed by atoms with Crippen molar-refractivity contribution in [3.05, 3.63) is 13.4 Å². The van der Waals surface area contributed by atoms with Crippen molar-refractivity contribution in [3.63, 3.8) is 0 Å². The Labute approximate surface area is 113 Å². The number of hydrogen-bond donors (Lipinski definition) is 0. The Hall–Kier alpha value is 0.270. The summed E-state index contributed by atoms with van der Waals surface area (Å²) in [7, 11) is 0. The van der Waals surface area contributed by atoms with Gasteiger partial charge in [0.1, 0.15) is 3.14 Å². The summed E-state index contributed by atoms with van der Waals surface area (Å²) in [5.74, 6) is 0. The standard InChI is InChI=1S/C13H22S3/c1-2-3-4-5-6-7-8-9-10-12-11-15-13(14)16-12/h11H,2-10H2,1H3. The van der Waals surface area contributed by atoms with Gasteiger partial charge in [0.25, 0.3) is 0 Å². The van der Waals surface area contributed by atoms with E-state index in [9.17, 15) is 0 Å². The van der Waals surface area contributed by atoms with Crippen molar-refractivity contribution in [3.8, 4) is 0 Å². The van der Waals surface area contributed by atoms with E-state index in [0.29, 0.717) is 0 Å². The average molecular weight is 275 g/mol. The quantitative estimate of drug-likeness (QED) is 0.380. The van der Waals surface area contributed by atoms with E-state index < -0.39 is 0 Å². The Morgan fingerprint density at radius 2 is 1.62 bits per heavy atom. The van der Waals surface area contributed by atoms with Crippen molar-refractivity contribution in [2.75, 3.05) is 0 Å². The summed E-state index contributed by atoms with van der Waals surface area (Å²) in [6, 6.07) is 0. The zero-order valence-corrected chi connectivity index (χ0v) is 12.6. The Bertz CT molecular complexity index is 311. The van der Waals surface area contributed by atoms with Gasteiger partial charge in [-0.15, -0.1) is 22.7 Å². The first-order valence-electron chi connectivity index (χ1n) is 6.40. The average Bonchev–Trinajstić information content (AvgIpc) is 2.68. The van der Waals surface area contributed by atoms with Gasteiger partial charge in [0.05, 0.1) is 0 Å². The maximum absolute atomic E-state index is 5.13. The van der Waals surface area contributed by atoms with Gasteiger partial charge in [-0.3, -0.25) is 0 Å². The van der Waals surface area contributed by atoms with Crippen LogP contribution in [0.15, 0.2) is 5.38 Å². The summed E-state index contributed by atoms with van der Waals surface area (Å²) in [5.41, 5.74) is 0. The van der Waals surface area contributed by atoms with E-state index in [1.54, 1.807) is 22.7 Å². The molecule has 3 heteroatoms. The molecule has 0 saturated carbocycles. The molecule has 0 atom stereocenters. The summed E-state index contributed by atoms with van der Waals surface area (Å²) in [4.78, 5) is 1.49. The molecular weight excluding hydrogens is 252 g/mol. The minimum Gasteiger partial charge on any atom is -0.121 e. The van der Waals surface area contributed by atoms with Gasteiger partial charge >= 0.3 is 0 Å². The van der Waals surface area contributed by atoms with E-state index in [2.05, 4.69) is 12.3 Å². The van der Waals surface area contributed by atoms with Crippen LogP contribution in [0.2, 0.25) is 0 Å². The van der Waals surface area contributed by atoms with Crippen LogP contribution in [0.4, 0.5) is 0 Å². The van der Waals surface area contributed by atoms with Crippen molar-refractivity contribution in [2.24, 2.45) is 0 Å². The minimum absolute atomic E-state index is 1.08. The van der Waals surface area contributed by atoms with E-state index in [0.717, 1.165) is 3.14 Å². The fourth-order valence-corrected chi connectivity index (χ4v) is 4.08. The third-order valence-corrected chi connectivity index (χ3v) is 5.35. The van der Waals surface area contributed by atoms with Crippen molar-refractivity contribution in [1.29, 1.82) is 0 Å². The van der Waals surface area contributed by atoms with Crippen LogP contribution in [0, 0.1) is 3.14 Å². The van der Waals surface area contributed by atoms with Crippen molar-refractivity contribution < 1.29 is 0 Å². The van der Waals surface area contributed by atoms with Gasteiger partial charge in [-0.1, -0.05) is 64.1 Å². The summed E-state index contributed by atoms with van der Waals surface area (Å²) in [6.45, 7) is 2.27. The molecule has 0 aliphatic rings. The smallest absolute Gasteiger partial charge is 0.121 e. The second-order valence-corrected chi connectivity index (χ2v) is 7.48. The maximum Gasteiger partial charge on any atom is 0.143 e. The van der Waals surface area contributed by atoms with Gasteiger partial charge in [-0.05, 0) is 12.8 Å². The Balaban J connectivity index is 1.90. The van der Waals surface area contributed by atoms with E-state index in [1.807, 2.05) is 0 Å². The van der Waals surface area contributed by atoms with Gasteiger partial charge in [0.15, 0.2) is 0 Å². The minimum atomic E-state index is 1.08. The zero-order valence-electron chi connectivity index (χ0n) is 10.2. The van der Waals surface area contributed by atoms with E-state index in [-0.39, 0.29) is 0 Å². The van der Waals surface area contributed by atoms with Crippen molar-refractivity contribution in [1.82, 2.24) is 0 Å². The van der Waals surface area contributed by atoms with Crippen molar-refractivity contribution >= 4 is 34.9 Å². The summed E-state index contributed by atoms with van der Waals surface area (Å²) in [5, 5.41) is 2.23. The number of aryl methyl sites for hydroxylation is 1. The van der Waals surface area contributed by atoms with Crippen molar-refractivity contribution in [2.45, 2.75) is 64.7 Å². The molecule has 0 aliphatic heterocycles. The van der Waals surface area contributed by atoms with Crippen LogP contribution in [-0.2, 0) is 6.42 Å². The monoisotopic (exact) mass is 274 g/mol. The molecule has 1 aromatic rings. The first-order chi connectivity index (χ1) is 7.83. The van der Waals surface area contributed by atoms with Crippen LogP contribution < -0.4 is 0 Å². The predicted octanol–water partition coefficient (Wildman–Crippen LogP) is 6.22. The molecule has 0 fully saturated rings. The van der Waals surface area contributed by atoms with Gasteiger partial charge in [0.2, 0.25) is 0 Å². The fraction of sp³-hybridized carbons (Fsp3) is 0.769. The molecule has 0 N–H and O–H groups in total. The number of hydrogen-bond acceptors (Lipinski definition) is 3. The number of unbranched alkanes of at least 4 members (excludes halogenated alkanes) is 7. The summed E-state index contributed by atoms with van der Waals surface area (Å²) >= 11 is 8.64. The molecule has 0 unspecified atom stereocenters. The molecule has 0 aromatic carbocycles.